The number of carbonyl (C=O) groups excluding carboxylic acids is 1. The molecule has 106 valence electrons. The molecule has 4 nitrogen and oxygen atoms in total. The Morgan fingerprint density at radius 3 is 2.70 bits per heavy atom. The third-order valence-corrected chi connectivity index (χ3v) is 4.13. The number of ether oxygens (including phenoxy) is 1. The molecule has 0 aliphatic heterocycles. The van der Waals surface area contributed by atoms with Crippen molar-refractivity contribution < 1.29 is 14.1 Å². The van der Waals surface area contributed by atoms with Gasteiger partial charge in [-0.2, -0.15) is 0 Å². The minimum Gasteiger partial charge on any atom is -0.463 e. The summed E-state index contributed by atoms with van der Waals surface area (Å²) in [5.41, 5.74) is 2.31. The topological polar surface area (TPSA) is 33.4 Å². The molecule has 0 N–H and O–H groups in total. The van der Waals surface area contributed by atoms with Crippen molar-refractivity contribution in [1.82, 2.24) is 0 Å². The lowest BCUT2D eigenvalue weighted by molar-refractivity contribution is -0.643. The molecule has 1 heterocycles. The summed E-state index contributed by atoms with van der Waals surface area (Å²) in [5, 5.41) is 3.13. The number of thiazole rings is 1. The van der Waals surface area contributed by atoms with E-state index in [1.807, 2.05) is 44.1 Å². The zero-order chi connectivity index (χ0) is 14.5. The molecule has 0 saturated heterocycles. The Balaban J connectivity index is 2.19. The van der Waals surface area contributed by atoms with Gasteiger partial charge in [0.1, 0.15) is 5.69 Å². The van der Waals surface area contributed by atoms with Gasteiger partial charge in [-0.1, -0.05) is 41.7 Å². The largest absolute Gasteiger partial charge is 0.463 e. The average molecular weight is 291 g/mol. The summed E-state index contributed by atoms with van der Waals surface area (Å²) >= 11 is 1.62. The van der Waals surface area contributed by atoms with Crippen LogP contribution in [0.15, 0.2) is 35.7 Å². The van der Waals surface area contributed by atoms with Crippen LogP contribution in [0.2, 0.25) is 0 Å². The minimum atomic E-state index is -0.204. The highest BCUT2D eigenvalue weighted by Crippen LogP contribution is 2.24. The van der Waals surface area contributed by atoms with Gasteiger partial charge in [0.15, 0.2) is 6.54 Å². The van der Waals surface area contributed by atoms with Crippen molar-refractivity contribution in [2.45, 2.75) is 6.92 Å². The van der Waals surface area contributed by atoms with E-state index < -0.39 is 0 Å². The normalized spacial score (nSPS) is 10.3. The fourth-order valence-electron chi connectivity index (χ4n) is 2.05. The van der Waals surface area contributed by atoms with Crippen LogP contribution in [0.4, 0.5) is 5.13 Å². The van der Waals surface area contributed by atoms with Gasteiger partial charge in [-0.3, -0.25) is 0 Å². The number of benzene rings is 1. The molecular weight excluding hydrogens is 272 g/mol. The second-order valence-electron chi connectivity index (χ2n) is 4.49. The van der Waals surface area contributed by atoms with Gasteiger partial charge in [-0.25, -0.2) is 14.3 Å². The van der Waals surface area contributed by atoms with E-state index in [2.05, 4.69) is 22.1 Å². The van der Waals surface area contributed by atoms with Gasteiger partial charge < -0.3 is 4.74 Å². The van der Waals surface area contributed by atoms with E-state index in [4.69, 9.17) is 4.74 Å². The van der Waals surface area contributed by atoms with Gasteiger partial charge in [0.05, 0.1) is 20.7 Å². The SMILES string of the molecule is CCOC(=O)CN(C)c1scc(-c2ccccc2)[n+]1C. The van der Waals surface area contributed by atoms with Gasteiger partial charge in [-0.05, 0) is 6.92 Å². The maximum absolute atomic E-state index is 11.5. The Morgan fingerprint density at radius 2 is 2.05 bits per heavy atom. The molecular formula is C15H19N2O2S+. The first-order valence-corrected chi connectivity index (χ1v) is 7.41. The van der Waals surface area contributed by atoms with Crippen molar-refractivity contribution in [3.8, 4) is 11.3 Å². The molecule has 0 saturated carbocycles. The van der Waals surface area contributed by atoms with E-state index in [0.29, 0.717) is 6.61 Å². The minimum absolute atomic E-state index is 0.204. The molecule has 0 bridgehead atoms. The fourth-order valence-corrected chi connectivity index (χ4v) is 3.07. The number of aromatic nitrogens is 1. The zero-order valence-electron chi connectivity index (χ0n) is 12.0. The second-order valence-corrected chi connectivity index (χ2v) is 5.33. The lowest BCUT2D eigenvalue weighted by atomic mass is 10.2. The molecule has 1 aromatic heterocycles. The molecule has 1 aromatic carbocycles. The quantitative estimate of drug-likeness (QED) is 0.626. The van der Waals surface area contributed by atoms with E-state index in [-0.39, 0.29) is 12.5 Å². The van der Waals surface area contributed by atoms with Crippen LogP contribution < -0.4 is 9.47 Å². The number of anilines is 1. The molecule has 0 radical (unpaired) electrons. The van der Waals surface area contributed by atoms with Crippen LogP contribution in [-0.4, -0.2) is 26.2 Å². The molecule has 5 heteroatoms. The van der Waals surface area contributed by atoms with E-state index in [1.54, 1.807) is 11.3 Å². The van der Waals surface area contributed by atoms with Gasteiger partial charge in [0.25, 0.3) is 0 Å². The number of esters is 1. The van der Waals surface area contributed by atoms with Gasteiger partial charge in [-0.15, -0.1) is 0 Å². The Kier molecular flexibility index (Phi) is 4.74. The number of hydrogen-bond acceptors (Lipinski definition) is 4. The number of hydrogen-bond donors (Lipinski definition) is 0. The van der Waals surface area contributed by atoms with Crippen molar-refractivity contribution >= 4 is 22.4 Å². The first kappa shape index (κ1) is 14.5. The van der Waals surface area contributed by atoms with E-state index in [0.717, 1.165) is 10.8 Å². The Morgan fingerprint density at radius 1 is 1.35 bits per heavy atom. The molecule has 0 fully saturated rings. The molecule has 0 spiro atoms. The molecule has 2 rings (SSSR count). The van der Waals surface area contributed by atoms with Gasteiger partial charge in [0.2, 0.25) is 0 Å². The molecule has 0 atom stereocenters. The summed E-state index contributed by atoms with van der Waals surface area (Å²) in [6.45, 7) is 2.49. The molecule has 0 aliphatic rings. The number of rotatable bonds is 5. The summed E-state index contributed by atoms with van der Waals surface area (Å²) in [6.07, 6.45) is 0. The maximum atomic E-state index is 11.5. The predicted molar refractivity (Wildman–Crippen MR) is 80.8 cm³/mol. The molecule has 0 aliphatic carbocycles. The van der Waals surface area contributed by atoms with E-state index >= 15 is 0 Å². The first-order chi connectivity index (χ1) is 9.63. The standard InChI is InChI=1S/C15H19N2O2S/c1-4-19-14(18)10-16(2)15-17(3)13(11-20-15)12-8-6-5-7-9-12/h5-9,11H,4,10H2,1-3H3/q+1. The summed E-state index contributed by atoms with van der Waals surface area (Å²) < 4.78 is 7.08. The number of likely N-dealkylation sites (N-methyl/N-ethyl adjacent to an activating group) is 1. The third-order valence-electron chi connectivity index (χ3n) is 2.99. The van der Waals surface area contributed by atoms with Crippen molar-refractivity contribution in [3.63, 3.8) is 0 Å². The average Bonchev–Trinajstić information content (AvgIpc) is 2.82. The Bertz CT molecular complexity index is 581. The van der Waals surface area contributed by atoms with Crippen molar-refractivity contribution in [1.29, 1.82) is 0 Å². The molecule has 2 aromatic rings. The summed E-state index contributed by atoms with van der Waals surface area (Å²) in [6, 6.07) is 10.2. The maximum Gasteiger partial charge on any atom is 0.348 e. The monoisotopic (exact) mass is 291 g/mol. The van der Waals surface area contributed by atoms with Crippen LogP contribution >= 0.6 is 11.3 Å². The van der Waals surface area contributed by atoms with Crippen molar-refractivity contribution in [3.05, 3.63) is 35.7 Å². The van der Waals surface area contributed by atoms with Crippen LogP contribution in [-0.2, 0) is 16.6 Å². The molecule has 20 heavy (non-hydrogen) atoms. The third kappa shape index (κ3) is 3.17. The second kappa shape index (κ2) is 6.52. The van der Waals surface area contributed by atoms with Crippen LogP contribution in [0.3, 0.4) is 0 Å². The highest BCUT2D eigenvalue weighted by atomic mass is 32.1. The van der Waals surface area contributed by atoms with E-state index in [9.17, 15) is 4.79 Å². The van der Waals surface area contributed by atoms with E-state index in [1.165, 1.54) is 5.56 Å². The van der Waals surface area contributed by atoms with Crippen molar-refractivity contribution in [2.24, 2.45) is 7.05 Å². The number of nitrogens with zero attached hydrogens (tertiary/aromatic N) is 2. The summed E-state index contributed by atoms with van der Waals surface area (Å²) in [7, 11) is 3.91. The molecule has 0 unspecified atom stereocenters. The lowest BCUT2D eigenvalue weighted by Crippen LogP contribution is -2.38. The van der Waals surface area contributed by atoms with Crippen molar-refractivity contribution in [2.75, 3.05) is 25.1 Å². The highest BCUT2D eigenvalue weighted by Gasteiger charge is 2.22. The van der Waals surface area contributed by atoms with Crippen LogP contribution in [0.25, 0.3) is 11.3 Å². The number of carbonyl (C=O) groups is 1. The van der Waals surface area contributed by atoms with Crippen LogP contribution in [0, 0.1) is 0 Å². The summed E-state index contributed by atoms with van der Waals surface area (Å²) in [4.78, 5) is 13.5. The Hall–Kier alpha value is -1.88. The highest BCUT2D eigenvalue weighted by molar-refractivity contribution is 7.13. The predicted octanol–water partition coefficient (Wildman–Crippen LogP) is 2.24. The fraction of sp³-hybridized carbons (Fsp3) is 0.333. The Labute approximate surface area is 123 Å². The molecule has 0 amide bonds. The van der Waals surface area contributed by atoms with Gasteiger partial charge in [0, 0.05) is 10.9 Å². The van der Waals surface area contributed by atoms with Gasteiger partial charge >= 0.3 is 11.1 Å². The lowest BCUT2D eigenvalue weighted by Gasteiger charge is -2.10. The van der Waals surface area contributed by atoms with Crippen LogP contribution in [0.1, 0.15) is 6.92 Å². The van der Waals surface area contributed by atoms with Crippen LogP contribution in [0.5, 0.6) is 0 Å². The zero-order valence-corrected chi connectivity index (χ0v) is 12.8. The smallest absolute Gasteiger partial charge is 0.348 e. The summed E-state index contributed by atoms with van der Waals surface area (Å²) in [5.74, 6) is -0.204. The first-order valence-electron chi connectivity index (χ1n) is 6.53.